The molecule has 2 heterocycles. The maximum Gasteiger partial charge on any atom is 0.419 e. The molecule has 6 nitrogen and oxygen atoms in total. The average molecular weight is 508 g/mol. The van der Waals surface area contributed by atoms with E-state index in [1.165, 1.54) is 19.2 Å². The molecule has 1 aliphatic rings. The third kappa shape index (κ3) is 5.18. The van der Waals surface area contributed by atoms with Gasteiger partial charge in [-0.25, -0.2) is 14.4 Å². The van der Waals surface area contributed by atoms with E-state index in [1.54, 1.807) is 26.0 Å². The summed E-state index contributed by atoms with van der Waals surface area (Å²) in [6, 6.07) is 5.85. The molecule has 2 aromatic carbocycles. The molecule has 0 spiro atoms. The third-order valence-electron chi connectivity index (χ3n) is 6.32. The summed E-state index contributed by atoms with van der Waals surface area (Å²) in [6.45, 7) is 7.82. The second kappa shape index (κ2) is 9.72. The summed E-state index contributed by atoms with van der Waals surface area (Å²) >= 11 is 0. The topological polar surface area (TPSA) is 65.5 Å². The zero-order chi connectivity index (χ0) is 26.3. The number of benzene rings is 2. The van der Waals surface area contributed by atoms with Gasteiger partial charge < -0.3 is 19.5 Å². The van der Waals surface area contributed by atoms with Crippen LogP contribution in [0.25, 0.3) is 10.9 Å². The molecular formula is C26H29F4N3O3. The predicted molar refractivity (Wildman–Crippen MR) is 128 cm³/mol. The number of anilines is 1. The number of aromatic nitrogens is 2. The van der Waals surface area contributed by atoms with Crippen molar-refractivity contribution in [2.45, 2.75) is 64.5 Å². The van der Waals surface area contributed by atoms with Crippen molar-refractivity contribution in [2.75, 3.05) is 19.0 Å². The lowest BCUT2D eigenvalue weighted by Gasteiger charge is -2.32. The van der Waals surface area contributed by atoms with Crippen LogP contribution in [0.15, 0.2) is 30.3 Å². The van der Waals surface area contributed by atoms with Crippen molar-refractivity contribution in [3.05, 3.63) is 53.1 Å². The van der Waals surface area contributed by atoms with E-state index in [0.717, 1.165) is 18.9 Å². The second-order valence-corrected chi connectivity index (χ2v) is 9.42. The molecule has 3 aromatic rings. The van der Waals surface area contributed by atoms with Crippen LogP contribution in [0, 0.1) is 12.7 Å². The number of aryl methyl sites for hydroxylation is 1. The first-order chi connectivity index (χ1) is 16.9. The SMILES string of the molecule is COc1cc2nc(C)nc(N[C@H](C)c3cccc(C(F)(F)F)c3F)c2cc1OC(C)(C)C1CCCO1. The van der Waals surface area contributed by atoms with Gasteiger partial charge >= 0.3 is 6.18 Å². The maximum atomic E-state index is 14.8. The van der Waals surface area contributed by atoms with Crippen LogP contribution >= 0.6 is 0 Å². The van der Waals surface area contributed by atoms with E-state index >= 15 is 0 Å². The molecule has 1 aromatic heterocycles. The quantitative estimate of drug-likeness (QED) is 0.363. The molecule has 1 unspecified atom stereocenters. The third-order valence-corrected chi connectivity index (χ3v) is 6.32. The minimum atomic E-state index is -4.79. The Bertz CT molecular complexity index is 1260. The van der Waals surface area contributed by atoms with Gasteiger partial charge in [-0.05, 0) is 52.7 Å². The highest BCUT2D eigenvalue weighted by Gasteiger charge is 2.37. The summed E-state index contributed by atoms with van der Waals surface area (Å²) in [4.78, 5) is 8.92. The lowest BCUT2D eigenvalue weighted by Crippen LogP contribution is -2.41. The highest BCUT2D eigenvalue weighted by molar-refractivity contribution is 5.92. The van der Waals surface area contributed by atoms with Gasteiger partial charge in [-0.3, -0.25) is 0 Å². The van der Waals surface area contributed by atoms with Crippen molar-refractivity contribution >= 4 is 16.7 Å². The molecule has 0 saturated carbocycles. The molecule has 10 heteroatoms. The van der Waals surface area contributed by atoms with Gasteiger partial charge in [-0.2, -0.15) is 13.2 Å². The molecule has 4 rings (SSSR count). The number of fused-ring (bicyclic) bond motifs is 1. The molecule has 1 aliphatic heterocycles. The molecule has 0 bridgehead atoms. The van der Waals surface area contributed by atoms with Crippen molar-refractivity contribution in [2.24, 2.45) is 0 Å². The van der Waals surface area contributed by atoms with Crippen LogP contribution in [0.4, 0.5) is 23.4 Å². The summed E-state index contributed by atoms with van der Waals surface area (Å²) in [5.74, 6) is 0.360. The average Bonchev–Trinajstić information content (AvgIpc) is 3.34. The number of hydrogen-bond donors (Lipinski definition) is 1. The Morgan fingerprint density at radius 2 is 1.89 bits per heavy atom. The van der Waals surface area contributed by atoms with Crippen LogP contribution in [0.1, 0.15) is 56.6 Å². The Labute approximate surface area is 207 Å². The molecule has 0 aliphatic carbocycles. The van der Waals surface area contributed by atoms with E-state index < -0.39 is 29.2 Å². The predicted octanol–water partition coefficient (Wildman–Crippen LogP) is 6.61. The molecule has 0 amide bonds. The van der Waals surface area contributed by atoms with E-state index in [9.17, 15) is 17.6 Å². The monoisotopic (exact) mass is 507 g/mol. The van der Waals surface area contributed by atoms with Crippen LogP contribution in [-0.4, -0.2) is 35.4 Å². The summed E-state index contributed by atoms with van der Waals surface area (Å²) in [7, 11) is 1.53. The van der Waals surface area contributed by atoms with Gasteiger partial charge in [-0.1, -0.05) is 12.1 Å². The highest BCUT2D eigenvalue weighted by atomic mass is 19.4. The first-order valence-electron chi connectivity index (χ1n) is 11.7. The van der Waals surface area contributed by atoms with Crippen molar-refractivity contribution < 1.29 is 31.8 Å². The van der Waals surface area contributed by atoms with E-state index in [-0.39, 0.29) is 11.7 Å². The summed E-state index contributed by atoms with van der Waals surface area (Å²) in [5, 5.41) is 3.62. The Morgan fingerprint density at radius 1 is 1.14 bits per heavy atom. The maximum absolute atomic E-state index is 14.8. The number of alkyl halides is 3. The number of nitrogens with one attached hydrogen (secondary N) is 1. The number of methoxy groups -OCH3 is 1. The smallest absolute Gasteiger partial charge is 0.419 e. The van der Waals surface area contributed by atoms with Crippen molar-refractivity contribution in [1.29, 1.82) is 0 Å². The summed E-state index contributed by atoms with van der Waals surface area (Å²) < 4.78 is 72.2. The normalized spacial score (nSPS) is 17.3. The number of rotatable bonds is 7. The number of hydrogen-bond acceptors (Lipinski definition) is 6. The Balaban J connectivity index is 1.73. The van der Waals surface area contributed by atoms with Crippen molar-refractivity contribution in [1.82, 2.24) is 9.97 Å². The Kier molecular flexibility index (Phi) is 7.01. The Morgan fingerprint density at radius 3 is 2.53 bits per heavy atom. The molecule has 194 valence electrons. The number of ether oxygens (including phenoxy) is 3. The second-order valence-electron chi connectivity index (χ2n) is 9.42. The van der Waals surface area contributed by atoms with Gasteiger partial charge in [0, 0.05) is 23.6 Å². The molecule has 36 heavy (non-hydrogen) atoms. The van der Waals surface area contributed by atoms with Crippen LogP contribution in [0.5, 0.6) is 11.5 Å². The van der Waals surface area contributed by atoms with E-state index in [1.807, 2.05) is 13.8 Å². The van der Waals surface area contributed by atoms with E-state index in [2.05, 4.69) is 15.3 Å². The van der Waals surface area contributed by atoms with Gasteiger partial charge in [0.1, 0.15) is 23.1 Å². The molecule has 2 atom stereocenters. The lowest BCUT2D eigenvalue weighted by molar-refractivity contribution is -0.140. The molecule has 1 fully saturated rings. The van der Waals surface area contributed by atoms with Gasteiger partial charge in [0.25, 0.3) is 0 Å². The molecule has 1 saturated heterocycles. The lowest BCUT2D eigenvalue weighted by atomic mass is 9.98. The zero-order valence-electron chi connectivity index (χ0n) is 20.8. The number of nitrogens with zero attached hydrogens (tertiary/aromatic N) is 2. The number of halogens is 4. The first kappa shape index (κ1) is 25.9. The molecular weight excluding hydrogens is 478 g/mol. The summed E-state index contributed by atoms with van der Waals surface area (Å²) in [6.07, 6.45) is -3.06. The van der Waals surface area contributed by atoms with Crippen LogP contribution in [-0.2, 0) is 10.9 Å². The highest BCUT2D eigenvalue weighted by Crippen LogP contribution is 2.39. The minimum Gasteiger partial charge on any atom is -0.493 e. The Hall–Kier alpha value is -3.14. The van der Waals surface area contributed by atoms with Crippen molar-refractivity contribution in [3.63, 3.8) is 0 Å². The van der Waals surface area contributed by atoms with Crippen LogP contribution < -0.4 is 14.8 Å². The van der Waals surface area contributed by atoms with E-state index in [0.29, 0.717) is 40.7 Å². The van der Waals surface area contributed by atoms with Gasteiger partial charge in [-0.15, -0.1) is 0 Å². The van der Waals surface area contributed by atoms with E-state index in [4.69, 9.17) is 14.2 Å². The standard InChI is InChI=1S/C26H29F4N3O3/c1-14(16-8-6-9-18(23(16)27)26(28,29)30)31-24-17-12-21(36-25(3,4)22-10-7-11-35-22)20(34-5)13-19(17)32-15(2)33-24/h6,8-9,12-14,22H,7,10-11H2,1-5H3,(H,31,32,33)/t14-,22?/m1/s1. The molecule has 1 N–H and O–H groups in total. The fourth-order valence-electron chi connectivity index (χ4n) is 4.46. The largest absolute Gasteiger partial charge is 0.493 e. The van der Waals surface area contributed by atoms with Gasteiger partial charge in [0.05, 0.1) is 30.3 Å². The minimum absolute atomic E-state index is 0.0892. The summed E-state index contributed by atoms with van der Waals surface area (Å²) in [5.41, 5.74) is -1.54. The van der Waals surface area contributed by atoms with Crippen LogP contribution in [0.3, 0.4) is 0 Å². The fourth-order valence-corrected chi connectivity index (χ4v) is 4.46. The van der Waals surface area contributed by atoms with Crippen LogP contribution in [0.2, 0.25) is 0 Å². The fraction of sp³-hybridized carbons (Fsp3) is 0.462. The van der Waals surface area contributed by atoms with Gasteiger partial charge in [0.15, 0.2) is 11.5 Å². The first-order valence-corrected chi connectivity index (χ1v) is 11.7. The zero-order valence-corrected chi connectivity index (χ0v) is 20.8. The molecule has 0 radical (unpaired) electrons. The van der Waals surface area contributed by atoms with Gasteiger partial charge in [0.2, 0.25) is 0 Å². The van der Waals surface area contributed by atoms with Crippen molar-refractivity contribution in [3.8, 4) is 11.5 Å².